The van der Waals surface area contributed by atoms with Crippen LogP contribution in [-0.2, 0) is 4.74 Å². The SMILES string of the molecule is Cc1cc2nn(C3CC(N4CCN(C(=O)OC(C)(C)C)CC4)C3)cc2cc1N. The number of ether oxygens (including phenoxy) is 1. The highest BCUT2D eigenvalue weighted by Crippen LogP contribution is 2.37. The highest BCUT2D eigenvalue weighted by molar-refractivity contribution is 5.83. The minimum absolute atomic E-state index is 0.198. The van der Waals surface area contributed by atoms with Crippen LogP contribution in [0.15, 0.2) is 18.3 Å². The lowest BCUT2D eigenvalue weighted by Crippen LogP contribution is -2.55. The van der Waals surface area contributed by atoms with Crippen molar-refractivity contribution >= 4 is 22.7 Å². The van der Waals surface area contributed by atoms with E-state index >= 15 is 0 Å². The maximum Gasteiger partial charge on any atom is 0.410 e. The van der Waals surface area contributed by atoms with E-state index in [0.717, 1.165) is 61.2 Å². The van der Waals surface area contributed by atoms with E-state index in [1.807, 2.05) is 38.7 Å². The molecule has 1 aliphatic heterocycles. The number of benzene rings is 1. The summed E-state index contributed by atoms with van der Waals surface area (Å²) >= 11 is 0. The summed E-state index contributed by atoms with van der Waals surface area (Å²) in [6.07, 6.45) is 4.13. The zero-order valence-electron chi connectivity index (χ0n) is 17.3. The molecule has 0 bridgehead atoms. The first-order valence-electron chi connectivity index (χ1n) is 10.2. The highest BCUT2D eigenvalue weighted by Gasteiger charge is 2.37. The first-order chi connectivity index (χ1) is 13.2. The van der Waals surface area contributed by atoms with Gasteiger partial charge in [-0.1, -0.05) is 0 Å². The van der Waals surface area contributed by atoms with Crippen LogP contribution < -0.4 is 5.73 Å². The zero-order valence-corrected chi connectivity index (χ0v) is 17.3. The Morgan fingerprint density at radius 2 is 1.82 bits per heavy atom. The van der Waals surface area contributed by atoms with Gasteiger partial charge < -0.3 is 15.4 Å². The van der Waals surface area contributed by atoms with Crippen LogP contribution >= 0.6 is 0 Å². The highest BCUT2D eigenvalue weighted by atomic mass is 16.6. The van der Waals surface area contributed by atoms with Crippen molar-refractivity contribution in [2.75, 3.05) is 31.9 Å². The molecule has 0 unspecified atom stereocenters. The number of aromatic nitrogens is 2. The van der Waals surface area contributed by atoms with Crippen molar-refractivity contribution in [1.29, 1.82) is 0 Å². The number of hydrogen-bond donors (Lipinski definition) is 1. The zero-order chi connectivity index (χ0) is 20.1. The molecule has 2 fully saturated rings. The molecule has 2 aliphatic rings. The lowest BCUT2D eigenvalue weighted by molar-refractivity contribution is -0.00138. The third-order valence-corrected chi connectivity index (χ3v) is 5.85. The summed E-state index contributed by atoms with van der Waals surface area (Å²) in [5.74, 6) is 0. The molecular formula is C21H31N5O2. The van der Waals surface area contributed by atoms with Gasteiger partial charge in [0.05, 0.1) is 11.6 Å². The number of nitrogen functional groups attached to an aromatic ring is 1. The van der Waals surface area contributed by atoms with E-state index < -0.39 is 5.60 Å². The second-order valence-electron chi connectivity index (χ2n) is 9.16. The maximum atomic E-state index is 12.2. The molecule has 2 aromatic rings. The van der Waals surface area contributed by atoms with Crippen molar-refractivity contribution in [3.63, 3.8) is 0 Å². The standard InChI is InChI=1S/C21H31N5O2/c1-14-9-19-15(10-18(14)22)13-26(23-19)17-11-16(12-17)24-5-7-25(8-6-24)20(27)28-21(2,3)4/h9-10,13,16-17H,5-8,11-12,22H2,1-4H3. The minimum Gasteiger partial charge on any atom is -0.444 e. The van der Waals surface area contributed by atoms with Gasteiger partial charge in [0.15, 0.2) is 0 Å². The Hall–Kier alpha value is -2.28. The van der Waals surface area contributed by atoms with Gasteiger partial charge >= 0.3 is 6.09 Å². The molecule has 152 valence electrons. The van der Waals surface area contributed by atoms with Gasteiger partial charge in [0.25, 0.3) is 0 Å². The summed E-state index contributed by atoms with van der Waals surface area (Å²) in [5.41, 5.74) is 8.50. The number of amides is 1. The number of hydrogen-bond acceptors (Lipinski definition) is 5. The van der Waals surface area contributed by atoms with Crippen LogP contribution in [0.4, 0.5) is 10.5 Å². The monoisotopic (exact) mass is 385 g/mol. The molecule has 0 spiro atoms. The van der Waals surface area contributed by atoms with Crippen molar-refractivity contribution in [1.82, 2.24) is 19.6 Å². The van der Waals surface area contributed by atoms with E-state index in [-0.39, 0.29) is 6.09 Å². The molecular weight excluding hydrogens is 354 g/mol. The Labute approximate surface area is 166 Å². The summed E-state index contributed by atoms with van der Waals surface area (Å²) in [7, 11) is 0. The minimum atomic E-state index is -0.439. The smallest absolute Gasteiger partial charge is 0.410 e. The van der Waals surface area contributed by atoms with E-state index in [1.165, 1.54) is 0 Å². The van der Waals surface area contributed by atoms with Crippen LogP contribution in [-0.4, -0.2) is 63.5 Å². The molecule has 1 aliphatic carbocycles. The van der Waals surface area contributed by atoms with Crippen LogP contribution in [0.25, 0.3) is 10.9 Å². The van der Waals surface area contributed by atoms with Gasteiger partial charge in [0.2, 0.25) is 0 Å². The van der Waals surface area contributed by atoms with Crippen molar-refractivity contribution in [3.8, 4) is 0 Å². The molecule has 2 N–H and O–H groups in total. The fourth-order valence-corrected chi connectivity index (χ4v) is 4.07. The van der Waals surface area contributed by atoms with Gasteiger partial charge in [-0.25, -0.2) is 4.79 Å². The van der Waals surface area contributed by atoms with Crippen molar-refractivity contribution < 1.29 is 9.53 Å². The number of aryl methyl sites for hydroxylation is 1. The fourth-order valence-electron chi connectivity index (χ4n) is 4.07. The molecule has 2 heterocycles. The molecule has 1 amide bonds. The molecule has 0 radical (unpaired) electrons. The Morgan fingerprint density at radius 1 is 1.14 bits per heavy atom. The number of piperazine rings is 1. The van der Waals surface area contributed by atoms with Gasteiger partial charge in [-0.15, -0.1) is 0 Å². The topological polar surface area (TPSA) is 76.6 Å². The van der Waals surface area contributed by atoms with Gasteiger partial charge in [-0.05, 0) is 58.2 Å². The largest absolute Gasteiger partial charge is 0.444 e. The second-order valence-corrected chi connectivity index (χ2v) is 9.16. The number of carbonyl (C=O) groups excluding carboxylic acids is 1. The summed E-state index contributed by atoms with van der Waals surface area (Å²) in [5, 5.41) is 5.87. The van der Waals surface area contributed by atoms with Crippen molar-refractivity contribution in [3.05, 3.63) is 23.9 Å². The number of fused-ring (bicyclic) bond motifs is 1. The number of rotatable bonds is 2. The predicted molar refractivity (Wildman–Crippen MR) is 110 cm³/mol. The predicted octanol–water partition coefficient (Wildman–Crippen LogP) is 3.18. The van der Waals surface area contributed by atoms with E-state index in [9.17, 15) is 4.79 Å². The van der Waals surface area contributed by atoms with Gasteiger partial charge in [0, 0.05) is 49.5 Å². The molecule has 1 saturated heterocycles. The van der Waals surface area contributed by atoms with Crippen molar-refractivity contribution in [2.45, 2.75) is 58.2 Å². The van der Waals surface area contributed by atoms with E-state index in [0.29, 0.717) is 12.1 Å². The molecule has 1 aromatic carbocycles. The Balaban J connectivity index is 1.30. The second kappa shape index (κ2) is 6.95. The Morgan fingerprint density at radius 3 is 2.46 bits per heavy atom. The number of nitrogens with zero attached hydrogens (tertiary/aromatic N) is 4. The van der Waals surface area contributed by atoms with E-state index in [2.05, 4.69) is 21.8 Å². The van der Waals surface area contributed by atoms with Gasteiger partial charge in [-0.2, -0.15) is 5.10 Å². The van der Waals surface area contributed by atoms with Crippen LogP contribution in [0, 0.1) is 6.92 Å². The molecule has 4 rings (SSSR count). The summed E-state index contributed by atoms with van der Waals surface area (Å²) in [6.45, 7) is 11.0. The van der Waals surface area contributed by atoms with Crippen LogP contribution in [0.1, 0.15) is 45.2 Å². The number of carbonyl (C=O) groups is 1. The van der Waals surface area contributed by atoms with Crippen LogP contribution in [0.2, 0.25) is 0 Å². The average molecular weight is 386 g/mol. The fraction of sp³-hybridized carbons (Fsp3) is 0.619. The quantitative estimate of drug-likeness (QED) is 0.804. The molecule has 7 heteroatoms. The number of nitrogens with two attached hydrogens (primary N) is 1. The molecule has 0 atom stereocenters. The maximum absolute atomic E-state index is 12.2. The molecule has 28 heavy (non-hydrogen) atoms. The van der Waals surface area contributed by atoms with Gasteiger partial charge in [-0.3, -0.25) is 9.58 Å². The molecule has 7 nitrogen and oxygen atoms in total. The Kier molecular flexibility index (Phi) is 4.73. The first-order valence-corrected chi connectivity index (χ1v) is 10.2. The molecule has 1 saturated carbocycles. The summed E-state index contributed by atoms with van der Waals surface area (Å²) in [4.78, 5) is 16.5. The summed E-state index contributed by atoms with van der Waals surface area (Å²) < 4.78 is 7.59. The van der Waals surface area contributed by atoms with Crippen LogP contribution in [0.5, 0.6) is 0 Å². The first kappa shape index (κ1) is 19.1. The van der Waals surface area contributed by atoms with Crippen LogP contribution in [0.3, 0.4) is 0 Å². The average Bonchev–Trinajstić information content (AvgIpc) is 2.95. The molecule has 1 aromatic heterocycles. The van der Waals surface area contributed by atoms with Crippen molar-refractivity contribution in [2.24, 2.45) is 0 Å². The lowest BCUT2D eigenvalue weighted by atomic mass is 9.85. The normalized spacial score (nSPS) is 23.6. The lowest BCUT2D eigenvalue weighted by Gasteiger charge is -2.46. The summed E-state index contributed by atoms with van der Waals surface area (Å²) in [6, 6.07) is 5.10. The van der Waals surface area contributed by atoms with E-state index in [4.69, 9.17) is 15.6 Å². The third kappa shape index (κ3) is 3.81. The third-order valence-electron chi connectivity index (χ3n) is 5.85. The van der Waals surface area contributed by atoms with Gasteiger partial charge in [0.1, 0.15) is 5.60 Å². The Bertz CT molecular complexity index is 832. The van der Waals surface area contributed by atoms with E-state index in [1.54, 1.807) is 0 Å². The number of anilines is 1.